The molecule has 0 aromatic carbocycles. The number of amides is 1. The van der Waals surface area contributed by atoms with Crippen LogP contribution in [0.4, 0.5) is 0 Å². The predicted molar refractivity (Wildman–Crippen MR) is 65.6 cm³/mol. The Morgan fingerprint density at radius 1 is 1.67 bits per heavy atom. The summed E-state index contributed by atoms with van der Waals surface area (Å²) >= 11 is 0. The third kappa shape index (κ3) is 2.87. The Hall–Kier alpha value is -1.43. The third-order valence-electron chi connectivity index (χ3n) is 3.39. The van der Waals surface area contributed by atoms with Crippen LogP contribution < -0.4 is 0 Å². The number of carbonyl (C=O) groups is 1. The number of carbonyl (C=O) groups excluding carboxylic acids is 1. The lowest BCUT2D eigenvalue weighted by Crippen LogP contribution is -2.42. The number of hydrogen-bond acceptors (Lipinski definition) is 4. The van der Waals surface area contributed by atoms with Gasteiger partial charge in [0.1, 0.15) is 12.2 Å². The molecular formula is C12H20N4O2. The first-order valence-corrected chi connectivity index (χ1v) is 6.43. The van der Waals surface area contributed by atoms with Crippen LogP contribution >= 0.6 is 0 Å². The summed E-state index contributed by atoms with van der Waals surface area (Å²) in [5.41, 5.74) is 0. The largest absolute Gasteiger partial charge is 0.377 e. The molecule has 2 atom stereocenters. The molecule has 1 aromatic heterocycles. The minimum atomic E-state index is -0.0170. The fraction of sp³-hybridized carbons (Fsp3) is 0.750. The van der Waals surface area contributed by atoms with E-state index in [-0.39, 0.29) is 17.9 Å². The third-order valence-corrected chi connectivity index (χ3v) is 3.39. The Kier molecular flexibility index (Phi) is 4.30. The zero-order valence-corrected chi connectivity index (χ0v) is 10.9. The van der Waals surface area contributed by atoms with E-state index in [4.69, 9.17) is 4.74 Å². The maximum atomic E-state index is 12.4. The summed E-state index contributed by atoms with van der Waals surface area (Å²) in [6.45, 7) is 3.30. The molecule has 1 aliphatic rings. The second kappa shape index (κ2) is 5.95. The SMILES string of the molecule is CC[C@@H]1OCCC[C@H]1C(=O)N(C)Cc1ncn[nH]1. The van der Waals surface area contributed by atoms with E-state index < -0.39 is 0 Å². The minimum absolute atomic E-state index is 0.0170. The molecule has 2 rings (SSSR count). The van der Waals surface area contributed by atoms with Gasteiger partial charge in [0.2, 0.25) is 5.91 Å². The van der Waals surface area contributed by atoms with E-state index in [1.807, 2.05) is 0 Å². The monoisotopic (exact) mass is 252 g/mol. The van der Waals surface area contributed by atoms with Crippen LogP contribution in [0.15, 0.2) is 6.33 Å². The molecule has 1 aromatic rings. The maximum Gasteiger partial charge on any atom is 0.228 e. The summed E-state index contributed by atoms with van der Waals surface area (Å²) in [5.74, 6) is 0.824. The number of aromatic amines is 1. The molecule has 18 heavy (non-hydrogen) atoms. The van der Waals surface area contributed by atoms with E-state index in [1.165, 1.54) is 6.33 Å². The normalized spacial score (nSPS) is 23.9. The van der Waals surface area contributed by atoms with Crippen molar-refractivity contribution in [3.05, 3.63) is 12.2 Å². The Morgan fingerprint density at radius 3 is 3.17 bits per heavy atom. The maximum absolute atomic E-state index is 12.4. The Labute approximate surface area is 107 Å². The minimum Gasteiger partial charge on any atom is -0.377 e. The molecule has 0 spiro atoms. The van der Waals surface area contributed by atoms with Gasteiger partial charge >= 0.3 is 0 Å². The van der Waals surface area contributed by atoms with Crippen molar-refractivity contribution in [2.45, 2.75) is 38.8 Å². The van der Waals surface area contributed by atoms with E-state index in [9.17, 15) is 4.79 Å². The van der Waals surface area contributed by atoms with Crippen molar-refractivity contribution in [2.24, 2.45) is 5.92 Å². The van der Waals surface area contributed by atoms with Gasteiger partial charge in [-0.3, -0.25) is 9.89 Å². The fourth-order valence-electron chi connectivity index (χ4n) is 2.42. The number of nitrogens with one attached hydrogen (secondary N) is 1. The molecule has 6 nitrogen and oxygen atoms in total. The van der Waals surface area contributed by atoms with Gasteiger partial charge in [0.05, 0.1) is 18.6 Å². The zero-order chi connectivity index (χ0) is 13.0. The number of aromatic nitrogens is 3. The molecule has 100 valence electrons. The predicted octanol–water partition coefficient (Wildman–Crippen LogP) is 0.968. The lowest BCUT2D eigenvalue weighted by atomic mass is 9.91. The van der Waals surface area contributed by atoms with Gasteiger partial charge in [0, 0.05) is 13.7 Å². The lowest BCUT2D eigenvalue weighted by molar-refractivity contribution is -0.144. The van der Waals surface area contributed by atoms with Crippen LogP contribution in [0, 0.1) is 5.92 Å². The van der Waals surface area contributed by atoms with Gasteiger partial charge in [-0.1, -0.05) is 6.92 Å². The summed E-state index contributed by atoms with van der Waals surface area (Å²) in [4.78, 5) is 18.1. The lowest BCUT2D eigenvalue weighted by Gasteiger charge is -2.32. The highest BCUT2D eigenvalue weighted by Crippen LogP contribution is 2.25. The van der Waals surface area contributed by atoms with Gasteiger partial charge < -0.3 is 9.64 Å². The van der Waals surface area contributed by atoms with Crippen LogP contribution in [0.3, 0.4) is 0 Å². The highest BCUT2D eigenvalue weighted by Gasteiger charge is 2.32. The van der Waals surface area contributed by atoms with Gasteiger partial charge in [-0.15, -0.1) is 0 Å². The van der Waals surface area contributed by atoms with E-state index in [2.05, 4.69) is 22.1 Å². The summed E-state index contributed by atoms with van der Waals surface area (Å²) in [6, 6.07) is 0. The van der Waals surface area contributed by atoms with Crippen molar-refractivity contribution < 1.29 is 9.53 Å². The van der Waals surface area contributed by atoms with Crippen LogP contribution in [-0.2, 0) is 16.1 Å². The summed E-state index contributed by atoms with van der Waals surface area (Å²) in [7, 11) is 1.80. The van der Waals surface area contributed by atoms with E-state index in [0.717, 1.165) is 25.9 Å². The molecule has 0 radical (unpaired) electrons. The molecular weight excluding hydrogens is 232 g/mol. The molecule has 2 heterocycles. The van der Waals surface area contributed by atoms with Gasteiger partial charge in [0.15, 0.2) is 0 Å². The van der Waals surface area contributed by atoms with Crippen molar-refractivity contribution >= 4 is 5.91 Å². The quantitative estimate of drug-likeness (QED) is 0.866. The molecule has 6 heteroatoms. The zero-order valence-electron chi connectivity index (χ0n) is 10.9. The first-order valence-electron chi connectivity index (χ1n) is 6.43. The smallest absolute Gasteiger partial charge is 0.228 e. The van der Waals surface area contributed by atoms with Crippen LogP contribution in [0.25, 0.3) is 0 Å². The van der Waals surface area contributed by atoms with Gasteiger partial charge in [0.25, 0.3) is 0 Å². The molecule has 0 bridgehead atoms. The highest BCUT2D eigenvalue weighted by atomic mass is 16.5. The van der Waals surface area contributed by atoms with Crippen LogP contribution in [0.1, 0.15) is 32.0 Å². The standard InChI is InChI=1S/C12H20N4O2/c1-3-10-9(5-4-6-18-10)12(17)16(2)7-11-13-8-14-15-11/h8-10H,3-7H2,1-2H3,(H,13,14,15)/t9-,10+/m1/s1. The summed E-state index contributed by atoms with van der Waals surface area (Å²) < 4.78 is 5.66. The highest BCUT2D eigenvalue weighted by molar-refractivity contribution is 5.79. The van der Waals surface area contributed by atoms with E-state index >= 15 is 0 Å². The Bertz CT molecular complexity index is 379. The molecule has 1 amide bonds. The number of nitrogens with zero attached hydrogens (tertiary/aromatic N) is 3. The van der Waals surface area contributed by atoms with E-state index in [0.29, 0.717) is 12.4 Å². The second-order valence-electron chi connectivity index (χ2n) is 4.69. The second-order valence-corrected chi connectivity index (χ2v) is 4.69. The van der Waals surface area contributed by atoms with Crippen LogP contribution in [0.2, 0.25) is 0 Å². The van der Waals surface area contributed by atoms with Gasteiger partial charge in [-0.05, 0) is 19.3 Å². The van der Waals surface area contributed by atoms with Crippen molar-refractivity contribution in [3.8, 4) is 0 Å². The molecule has 1 aliphatic heterocycles. The van der Waals surface area contributed by atoms with Crippen molar-refractivity contribution in [1.82, 2.24) is 20.1 Å². The first-order chi connectivity index (χ1) is 8.72. The Morgan fingerprint density at radius 2 is 2.50 bits per heavy atom. The van der Waals surface area contributed by atoms with Gasteiger partial charge in [-0.2, -0.15) is 5.10 Å². The number of H-pyrrole nitrogens is 1. The molecule has 0 saturated carbocycles. The molecule has 1 fully saturated rings. The average Bonchev–Trinajstić information content (AvgIpc) is 2.90. The summed E-state index contributed by atoms with van der Waals surface area (Å²) in [6.07, 6.45) is 4.27. The Balaban J connectivity index is 1.96. The van der Waals surface area contributed by atoms with Crippen molar-refractivity contribution in [2.75, 3.05) is 13.7 Å². The number of rotatable bonds is 4. The topological polar surface area (TPSA) is 71.1 Å². The van der Waals surface area contributed by atoms with E-state index in [1.54, 1.807) is 11.9 Å². The molecule has 1 N–H and O–H groups in total. The molecule has 0 aliphatic carbocycles. The van der Waals surface area contributed by atoms with Crippen LogP contribution in [0.5, 0.6) is 0 Å². The summed E-state index contributed by atoms with van der Waals surface area (Å²) in [5, 5.41) is 6.54. The number of hydrogen-bond donors (Lipinski definition) is 1. The van der Waals surface area contributed by atoms with Gasteiger partial charge in [-0.25, -0.2) is 4.98 Å². The number of ether oxygens (including phenoxy) is 1. The first kappa shape index (κ1) is 13.0. The molecule has 1 saturated heterocycles. The fourth-order valence-corrected chi connectivity index (χ4v) is 2.42. The average molecular weight is 252 g/mol. The van der Waals surface area contributed by atoms with Crippen molar-refractivity contribution in [1.29, 1.82) is 0 Å². The molecule has 0 unspecified atom stereocenters. The van der Waals surface area contributed by atoms with Crippen molar-refractivity contribution in [3.63, 3.8) is 0 Å². The van der Waals surface area contributed by atoms with Crippen LogP contribution in [-0.4, -0.2) is 45.7 Å².